The molecular formula is C18H26N2O2. The molecule has 3 atom stereocenters. The summed E-state index contributed by atoms with van der Waals surface area (Å²) < 4.78 is 5.28. The Morgan fingerprint density at radius 1 is 1.18 bits per heavy atom. The first-order valence-electron chi connectivity index (χ1n) is 8.26. The first-order chi connectivity index (χ1) is 10.4. The van der Waals surface area contributed by atoms with Crippen molar-refractivity contribution >= 4 is 17.5 Å². The first kappa shape index (κ1) is 15.2. The van der Waals surface area contributed by atoms with Gasteiger partial charge in [-0.1, -0.05) is 12.5 Å². The van der Waals surface area contributed by atoms with Crippen molar-refractivity contribution in [3.63, 3.8) is 0 Å². The van der Waals surface area contributed by atoms with Gasteiger partial charge in [-0.05, 0) is 70.1 Å². The van der Waals surface area contributed by atoms with Gasteiger partial charge < -0.3 is 10.1 Å². The van der Waals surface area contributed by atoms with Crippen molar-refractivity contribution in [3.8, 4) is 0 Å². The largest absolute Gasteiger partial charge is 0.444 e. The Morgan fingerprint density at radius 2 is 1.95 bits per heavy atom. The molecular weight excluding hydrogens is 276 g/mol. The summed E-state index contributed by atoms with van der Waals surface area (Å²) >= 11 is 0. The Kier molecular flexibility index (Phi) is 4.02. The molecule has 0 radical (unpaired) electrons. The summed E-state index contributed by atoms with van der Waals surface area (Å²) in [4.78, 5) is 11.8. The van der Waals surface area contributed by atoms with Crippen LogP contribution < -0.4 is 10.6 Å². The van der Waals surface area contributed by atoms with Crippen molar-refractivity contribution < 1.29 is 9.53 Å². The number of carbonyl (C=O) groups excluding carboxylic acids is 1. The fourth-order valence-electron chi connectivity index (χ4n) is 3.74. The Hall–Kier alpha value is -1.71. The van der Waals surface area contributed by atoms with E-state index in [0.29, 0.717) is 6.04 Å². The van der Waals surface area contributed by atoms with Crippen molar-refractivity contribution in [2.75, 3.05) is 10.6 Å². The molecule has 1 aromatic rings. The fourth-order valence-corrected chi connectivity index (χ4v) is 3.74. The maximum atomic E-state index is 11.8. The highest BCUT2D eigenvalue weighted by Gasteiger charge is 2.39. The van der Waals surface area contributed by atoms with E-state index in [9.17, 15) is 4.79 Å². The van der Waals surface area contributed by atoms with Gasteiger partial charge in [-0.3, -0.25) is 5.32 Å². The zero-order chi connectivity index (χ0) is 15.7. The summed E-state index contributed by atoms with van der Waals surface area (Å²) in [5.41, 5.74) is 1.36. The number of benzene rings is 1. The van der Waals surface area contributed by atoms with Gasteiger partial charge in [0, 0.05) is 17.4 Å². The van der Waals surface area contributed by atoms with Crippen LogP contribution in [0, 0.1) is 11.8 Å². The minimum Gasteiger partial charge on any atom is -0.444 e. The Labute approximate surface area is 132 Å². The molecule has 2 aliphatic rings. The average molecular weight is 302 g/mol. The minimum atomic E-state index is -0.483. The summed E-state index contributed by atoms with van der Waals surface area (Å²) in [7, 11) is 0. The standard InChI is InChI=1S/C18H26N2O2/c1-18(2,3)22-17(21)20-15-6-4-5-14(11-15)19-16-10-12-7-8-13(16)9-12/h4-6,11-13,16,19H,7-10H2,1-3H3,(H,20,21). The molecule has 0 heterocycles. The van der Waals surface area contributed by atoms with Gasteiger partial charge in [0.15, 0.2) is 0 Å². The molecule has 4 heteroatoms. The van der Waals surface area contributed by atoms with E-state index in [0.717, 1.165) is 23.2 Å². The molecule has 1 aromatic carbocycles. The number of anilines is 2. The summed E-state index contributed by atoms with van der Waals surface area (Å²) in [6, 6.07) is 8.48. The molecule has 3 rings (SSSR count). The Balaban J connectivity index is 1.59. The van der Waals surface area contributed by atoms with E-state index < -0.39 is 11.7 Å². The third-order valence-corrected chi connectivity index (χ3v) is 4.60. The fraction of sp³-hybridized carbons (Fsp3) is 0.611. The molecule has 0 saturated heterocycles. The van der Waals surface area contributed by atoms with E-state index in [2.05, 4.69) is 16.7 Å². The normalized spacial score (nSPS) is 26.8. The smallest absolute Gasteiger partial charge is 0.412 e. The summed E-state index contributed by atoms with van der Waals surface area (Å²) in [5.74, 6) is 1.75. The monoisotopic (exact) mass is 302 g/mol. The molecule has 2 aliphatic carbocycles. The number of rotatable bonds is 3. The van der Waals surface area contributed by atoms with Crippen molar-refractivity contribution in [2.45, 2.75) is 58.1 Å². The van der Waals surface area contributed by atoms with Gasteiger partial charge in [-0.25, -0.2) is 4.79 Å². The van der Waals surface area contributed by atoms with Crippen LogP contribution in [0.5, 0.6) is 0 Å². The van der Waals surface area contributed by atoms with E-state index in [1.165, 1.54) is 25.7 Å². The van der Waals surface area contributed by atoms with Crippen LogP contribution in [0.25, 0.3) is 0 Å². The maximum Gasteiger partial charge on any atom is 0.412 e. The molecule has 0 aliphatic heterocycles. The molecule has 120 valence electrons. The molecule has 0 spiro atoms. The quantitative estimate of drug-likeness (QED) is 0.855. The second kappa shape index (κ2) is 5.82. The van der Waals surface area contributed by atoms with Crippen molar-refractivity contribution in [2.24, 2.45) is 11.8 Å². The number of carbonyl (C=O) groups is 1. The van der Waals surface area contributed by atoms with Crippen LogP contribution in [0.2, 0.25) is 0 Å². The number of hydrogen-bond donors (Lipinski definition) is 2. The van der Waals surface area contributed by atoms with Crippen LogP contribution in [0.1, 0.15) is 46.5 Å². The molecule has 4 nitrogen and oxygen atoms in total. The van der Waals surface area contributed by atoms with Crippen LogP contribution in [-0.2, 0) is 4.74 Å². The van der Waals surface area contributed by atoms with E-state index in [1.807, 2.05) is 39.0 Å². The molecule has 1 amide bonds. The summed E-state index contributed by atoms with van der Waals surface area (Å²) in [6.07, 6.45) is 5.02. The van der Waals surface area contributed by atoms with Crippen molar-refractivity contribution in [1.82, 2.24) is 0 Å². The zero-order valence-electron chi connectivity index (χ0n) is 13.7. The van der Waals surface area contributed by atoms with Gasteiger partial charge in [0.05, 0.1) is 0 Å². The van der Waals surface area contributed by atoms with Crippen molar-refractivity contribution in [3.05, 3.63) is 24.3 Å². The van der Waals surface area contributed by atoms with Crippen LogP contribution in [0.4, 0.5) is 16.2 Å². The Morgan fingerprint density at radius 3 is 2.59 bits per heavy atom. The lowest BCUT2D eigenvalue weighted by Gasteiger charge is -2.24. The molecule has 22 heavy (non-hydrogen) atoms. The SMILES string of the molecule is CC(C)(C)OC(=O)Nc1cccc(NC2CC3CCC2C3)c1. The molecule has 2 bridgehead atoms. The summed E-state index contributed by atoms with van der Waals surface area (Å²) in [6.45, 7) is 5.58. The lowest BCUT2D eigenvalue weighted by molar-refractivity contribution is 0.0636. The third kappa shape index (κ3) is 3.73. The number of ether oxygens (including phenoxy) is 1. The summed E-state index contributed by atoms with van der Waals surface area (Å²) in [5, 5.41) is 6.44. The van der Waals surface area contributed by atoms with Gasteiger partial charge in [0.25, 0.3) is 0 Å². The second-order valence-electron chi connectivity index (χ2n) is 7.63. The highest BCUT2D eigenvalue weighted by Crippen LogP contribution is 2.45. The van der Waals surface area contributed by atoms with Gasteiger partial charge in [-0.2, -0.15) is 0 Å². The molecule has 3 unspecified atom stereocenters. The molecule has 2 fully saturated rings. The van der Waals surface area contributed by atoms with Crippen LogP contribution in [0.3, 0.4) is 0 Å². The minimum absolute atomic E-state index is 0.412. The van der Waals surface area contributed by atoms with Crippen LogP contribution in [0.15, 0.2) is 24.3 Å². The second-order valence-corrected chi connectivity index (χ2v) is 7.63. The topological polar surface area (TPSA) is 50.4 Å². The lowest BCUT2D eigenvalue weighted by Crippen LogP contribution is -2.27. The highest BCUT2D eigenvalue weighted by atomic mass is 16.6. The van der Waals surface area contributed by atoms with Crippen LogP contribution in [-0.4, -0.2) is 17.7 Å². The van der Waals surface area contributed by atoms with E-state index in [-0.39, 0.29) is 0 Å². The van der Waals surface area contributed by atoms with Gasteiger partial charge in [0.2, 0.25) is 0 Å². The lowest BCUT2D eigenvalue weighted by atomic mass is 9.95. The van der Waals surface area contributed by atoms with Gasteiger partial charge in [0.1, 0.15) is 5.60 Å². The molecule has 2 N–H and O–H groups in total. The van der Waals surface area contributed by atoms with E-state index in [1.54, 1.807) is 0 Å². The zero-order valence-corrected chi connectivity index (χ0v) is 13.7. The number of amides is 1. The number of nitrogens with one attached hydrogen (secondary N) is 2. The predicted octanol–water partition coefficient (Wildman–Crippen LogP) is 4.63. The van der Waals surface area contributed by atoms with Gasteiger partial charge in [-0.15, -0.1) is 0 Å². The maximum absolute atomic E-state index is 11.8. The number of hydrogen-bond acceptors (Lipinski definition) is 3. The van der Waals surface area contributed by atoms with Crippen molar-refractivity contribution in [1.29, 1.82) is 0 Å². The number of fused-ring (bicyclic) bond motifs is 2. The predicted molar refractivity (Wildman–Crippen MR) is 89.2 cm³/mol. The average Bonchev–Trinajstić information content (AvgIpc) is 2.98. The third-order valence-electron chi connectivity index (χ3n) is 4.60. The van der Waals surface area contributed by atoms with Gasteiger partial charge >= 0.3 is 6.09 Å². The molecule has 2 saturated carbocycles. The van der Waals surface area contributed by atoms with E-state index in [4.69, 9.17) is 4.74 Å². The molecule has 0 aromatic heterocycles. The van der Waals surface area contributed by atoms with E-state index >= 15 is 0 Å². The van der Waals surface area contributed by atoms with Crippen LogP contribution >= 0.6 is 0 Å². The Bertz CT molecular complexity index is 550. The highest BCUT2D eigenvalue weighted by molar-refractivity contribution is 5.85. The first-order valence-corrected chi connectivity index (χ1v) is 8.26.